The number of aliphatic hydroxyl groups is 1. The highest BCUT2D eigenvalue weighted by Crippen LogP contribution is 2.28. The summed E-state index contributed by atoms with van der Waals surface area (Å²) in [4.78, 5) is 0. The Labute approximate surface area is 92.6 Å². The fourth-order valence-electron chi connectivity index (χ4n) is 0.701. The van der Waals surface area contributed by atoms with E-state index in [0.29, 0.717) is 11.0 Å². The van der Waals surface area contributed by atoms with E-state index >= 15 is 0 Å². The summed E-state index contributed by atoms with van der Waals surface area (Å²) in [5.74, 6) is 0.517. The molecule has 80 valence electrons. The first-order valence-electron chi connectivity index (χ1n) is 4.22. The highest BCUT2D eigenvalue weighted by atomic mass is 35.5. The van der Waals surface area contributed by atoms with Crippen LogP contribution < -0.4 is 5.32 Å². The number of anilines is 1. The van der Waals surface area contributed by atoms with Crippen LogP contribution in [0.3, 0.4) is 0 Å². The molecular formula is C8H14ClN3OS. The molecule has 1 heterocycles. The molecule has 0 bridgehead atoms. The van der Waals surface area contributed by atoms with Crippen LogP contribution in [0.5, 0.6) is 0 Å². The van der Waals surface area contributed by atoms with Gasteiger partial charge >= 0.3 is 0 Å². The Balaban J connectivity index is 2.84. The van der Waals surface area contributed by atoms with E-state index in [4.69, 9.17) is 11.6 Å². The molecule has 0 aliphatic heterocycles. The van der Waals surface area contributed by atoms with Gasteiger partial charge in [-0.25, -0.2) is 0 Å². The van der Waals surface area contributed by atoms with E-state index in [1.165, 1.54) is 0 Å². The Morgan fingerprint density at radius 2 is 1.86 bits per heavy atom. The Kier molecular flexibility index (Phi) is 3.04. The van der Waals surface area contributed by atoms with Gasteiger partial charge in [0.2, 0.25) is 0 Å². The van der Waals surface area contributed by atoms with Crippen LogP contribution in [0, 0.1) is 0 Å². The SMILES string of the molecule is CC(C)(O)C(C)(C)Nc1nsnc1Cl. The van der Waals surface area contributed by atoms with Crippen LogP contribution in [0.2, 0.25) is 5.15 Å². The lowest BCUT2D eigenvalue weighted by Crippen LogP contribution is -2.51. The summed E-state index contributed by atoms with van der Waals surface area (Å²) in [6, 6.07) is 0. The molecule has 0 saturated heterocycles. The zero-order valence-electron chi connectivity index (χ0n) is 8.63. The molecule has 0 unspecified atom stereocenters. The molecule has 4 nitrogen and oxygen atoms in total. The van der Waals surface area contributed by atoms with Crippen LogP contribution in [-0.4, -0.2) is 25.0 Å². The minimum atomic E-state index is -0.875. The molecule has 1 rings (SSSR count). The van der Waals surface area contributed by atoms with Gasteiger partial charge in [-0.05, 0) is 27.7 Å². The molecule has 0 atom stereocenters. The largest absolute Gasteiger partial charge is 0.388 e. The molecule has 0 radical (unpaired) electrons. The monoisotopic (exact) mass is 235 g/mol. The van der Waals surface area contributed by atoms with Gasteiger partial charge in [-0.2, -0.15) is 8.75 Å². The summed E-state index contributed by atoms with van der Waals surface area (Å²) in [6.07, 6.45) is 0. The zero-order chi connectivity index (χ0) is 11.0. The standard InChI is InChI=1S/C8H14ClN3OS/c1-7(2,8(3,4)13)10-6-5(9)11-14-12-6/h13H,1-4H3,(H,10,12). The van der Waals surface area contributed by atoms with Gasteiger partial charge in [-0.1, -0.05) is 11.6 Å². The van der Waals surface area contributed by atoms with Gasteiger partial charge in [0.25, 0.3) is 0 Å². The van der Waals surface area contributed by atoms with Crippen molar-refractivity contribution >= 4 is 29.1 Å². The van der Waals surface area contributed by atoms with Crippen molar-refractivity contribution in [2.75, 3.05) is 5.32 Å². The zero-order valence-corrected chi connectivity index (χ0v) is 10.2. The summed E-state index contributed by atoms with van der Waals surface area (Å²) < 4.78 is 7.83. The molecule has 0 fully saturated rings. The Morgan fingerprint density at radius 1 is 1.29 bits per heavy atom. The molecule has 0 spiro atoms. The van der Waals surface area contributed by atoms with Gasteiger partial charge in [-0.3, -0.25) is 0 Å². The van der Waals surface area contributed by atoms with E-state index in [2.05, 4.69) is 14.1 Å². The molecule has 0 aliphatic carbocycles. The molecule has 2 N–H and O–H groups in total. The van der Waals surface area contributed by atoms with Crippen molar-refractivity contribution in [3.8, 4) is 0 Å². The summed E-state index contributed by atoms with van der Waals surface area (Å²) in [7, 11) is 0. The lowest BCUT2D eigenvalue weighted by molar-refractivity contribution is 0.0239. The second-order valence-corrected chi connectivity index (χ2v) is 5.10. The van der Waals surface area contributed by atoms with Gasteiger partial charge in [0.15, 0.2) is 11.0 Å². The van der Waals surface area contributed by atoms with Crippen LogP contribution in [0.4, 0.5) is 5.82 Å². The molecular weight excluding hydrogens is 222 g/mol. The third kappa shape index (κ3) is 2.34. The topological polar surface area (TPSA) is 58.0 Å². The quantitative estimate of drug-likeness (QED) is 0.843. The van der Waals surface area contributed by atoms with Gasteiger partial charge in [-0.15, -0.1) is 0 Å². The average Bonchev–Trinajstić information content (AvgIpc) is 2.33. The maximum absolute atomic E-state index is 9.88. The van der Waals surface area contributed by atoms with Crippen molar-refractivity contribution in [3.05, 3.63) is 5.15 Å². The van der Waals surface area contributed by atoms with Gasteiger partial charge in [0.05, 0.1) is 22.9 Å². The number of rotatable bonds is 3. The summed E-state index contributed by atoms with van der Waals surface area (Å²) in [5.41, 5.74) is -1.40. The third-order valence-electron chi connectivity index (χ3n) is 2.41. The molecule has 0 aliphatic rings. The van der Waals surface area contributed by atoms with Crippen molar-refractivity contribution in [2.45, 2.75) is 38.8 Å². The highest BCUT2D eigenvalue weighted by Gasteiger charge is 2.35. The summed E-state index contributed by atoms with van der Waals surface area (Å²) in [5, 5.41) is 13.3. The van der Waals surface area contributed by atoms with E-state index in [1.807, 2.05) is 13.8 Å². The predicted molar refractivity (Wildman–Crippen MR) is 58.9 cm³/mol. The number of hydrogen-bond donors (Lipinski definition) is 2. The fourth-order valence-corrected chi connectivity index (χ4v) is 1.35. The van der Waals surface area contributed by atoms with E-state index in [9.17, 15) is 5.11 Å². The molecule has 0 saturated carbocycles. The van der Waals surface area contributed by atoms with Gasteiger partial charge in [0, 0.05) is 0 Å². The van der Waals surface area contributed by atoms with Crippen LogP contribution in [0.1, 0.15) is 27.7 Å². The van der Waals surface area contributed by atoms with Gasteiger partial charge < -0.3 is 10.4 Å². The molecule has 1 aromatic heterocycles. The molecule has 14 heavy (non-hydrogen) atoms. The fraction of sp³-hybridized carbons (Fsp3) is 0.750. The Morgan fingerprint density at radius 3 is 2.21 bits per heavy atom. The minimum absolute atomic E-state index is 0.340. The second-order valence-electron chi connectivity index (χ2n) is 4.21. The van der Waals surface area contributed by atoms with Gasteiger partial charge in [0.1, 0.15) is 0 Å². The Hall–Kier alpha value is -0.390. The molecule has 0 amide bonds. The van der Waals surface area contributed by atoms with E-state index in [1.54, 1.807) is 13.8 Å². The maximum atomic E-state index is 9.88. The lowest BCUT2D eigenvalue weighted by Gasteiger charge is -2.37. The first kappa shape index (κ1) is 11.7. The second kappa shape index (κ2) is 3.64. The van der Waals surface area contributed by atoms with Crippen molar-refractivity contribution in [1.82, 2.24) is 8.75 Å². The van der Waals surface area contributed by atoms with Crippen LogP contribution in [-0.2, 0) is 0 Å². The predicted octanol–water partition coefficient (Wildman–Crippen LogP) is 2.15. The molecule has 0 aromatic carbocycles. The van der Waals surface area contributed by atoms with E-state index in [0.717, 1.165) is 11.7 Å². The molecule has 6 heteroatoms. The van der Waals surface area contributed by atoms with E-state index < -0.39 is 11.1 Å². The first-order chi connectivity index (χ1) is 6.24. The number of aromatic nitrogens is 2. The lowest BCUT2D eigenvalue weighted by atomic mass is 9.86. The number of hydrogen-bond acceptors (Lipinski definition) is 5. The van der Waals surface area contributed by atoms with Crippen LogP contribution in [0.15, 0.2) is 0 Å². The summed E-state index contributed by atoms with van der Waals surface area (Å²) in [6.45, 7) is 7.22. The van der Waals surface area contributed by atoms with Crippen LogP contribution >= 0.6 is 23.3 Å². The van der Waals surface area contributed by atoms with Crippen molar-refractivity contribution in [2.24, 2.45) is 0 Å². The molecule has 1 aromatic rings. The summed E-state index contributed by atoms with van der Waals surface area (Å²) >= 11 is 6.83. The Bertz CT molecular complexity index is 319. The number of nitrogens with zero attached hydrogens (tertiary/aromatic N) is 2. The normalized spacial score (nSPS) is 13.0. The van der Waals surface area contributed by atoms with Crippen molar-refractivity contribution in [1.29, 1.82) is 0 Å². The van der Waals surface area contributed by atoms with E-state index in [-0.39, 0.29) is 0 Å². The van der Waals surface area contributed by atoms with Crippen molar-refractivity contribution < 1.29 is 5.11 Å². The third-order valence-corrected chi connectivity index (χ3v) is 3.30. The number of nitrogens with one attached hydrogen (secondary N) is 1. The minimum Gasteiger partial charge on any atom is -0.388 e. The highest BCUT2D eigenvalue weighted by molar-refractivity contribution is 6.99. The van der Waals surface area contributed by atoms with Crippen molar-refractivity contribution in [3.63, 3.8) is 0 Å². The maximum Gasteiger partial charge on any atom is 0.186 e. The average molecular weight is 236 g/mol. The number of halogens is 1. The first-order valence-corrected chi connectivity index (χ1v) is 5.33. The smallest absolute Gasteiger partial charge is 0.186 e. The van der Waals surface area contributed by atoms with Crippen LogP contribution in [0.25, 0.3) is 0 Å².